The molecule has 0 amide bonds. The van der Waals surface area contributed by atoms with E-state index in [1.165, 1.54) is 20.8 Å². The van der Waals surface area contributed by atoms with Gasteiger partial charge in [0.05, 0.1) is 11.5 Å². The zero-order valence-corrected chi connectivity index (χ0v) is 28.7. The van der Waals surface area contributed by atoms with E-state index in [0.29, 0.717) is 32.1 Å². The van der Waals surface area contributed by atoms with Crippen LogP contribution in [-0.4, -0.2) is 59.0 Å². The van der Waals surface area contributed by atoms with Crippen LogP contribution in [0.3, 0.4) is 0 Å². The summed E-state index contributed by atoms with van der Waals surface area (Å²) in [4.78, 5) is 50.0. The number of hydrogen-bond donors (Lipinski definition) is 2. The summed E-state index contributed by atoms with van der Waals surface area (Å²) in [6, 6.07) is 0. The lowest BCUT2D eigenvalue weighted by Gasteiger charge is -2.72. The van der Waals surface area contributed by atoms with E-state index in [1.54, 1.807) is 0 Å². The Kier molecular flexibility index (Phi) is 8.15. The number of carboxylic acids is 1. The molecule has 4 saturated carbocycles. The number of carbonyl (C=O) groups is 4. The Morgan fingerprint density at radius 1 is 0.844 bits per heavy atom. The fourth-order valence-electron chi connectivity index (χ4n) is 11.7. The zero-order chi connectivity index (χ0) is 33.5. The van der Waals surface area contributed by atoms with E-state index in [1.807, 2.05) is 6.92 Å². The molecule has 5 aliphatic carbocycles. The highest BCUT2D eigenvalue weighted by Gasteiger charge is 2.72. The monoisotopic (exact) mass is 630 g/mol. The van der Waals surface area contributed by atoms with Gasteiger partial charge in [0.1, 0.15) is 18.8 Å². The molecule has 9 heteroatoms. The minimum absolute atomic E-state index is 0.0157. The number of aliphatic hydroxyl groups is 1. The van der Waals surface area contributed by atoms with Crippen molar-refractivity contribution >= 4 is 23.9 Å². The third-order valence-electron chi connectivity index (χ3n) is 14.2. The first kappa shape index (κ1) is 33.9. The Bertz CT molecular complexity index is 1300. The number of allylic oxidation sites excluding steroid dienone is 1. The van der Waals surface area contributed by atoms with Crippen molar-refractivity contribution < 1.29 is 43.6 Å². The first-order chi connectivity index (χ1) is 20.7. The Morgan fingerprint density at radius 2 is 1.47 bits per heavy atom. The molecule has 252 valence electrons. The maximum atomic E-state index is 13.0. The first-order valence-corrected chi connectivity index (χ1v) is 16.8. The summed E-state index contributed by atoms with van der Waals surface area (Å²) in [5, 5.41) is 22.5. The van der Waals surface area contributed by atoms with Crippen LogP contribution in [0, 0.1) is 50.2 Å². The molecule has 0 spiro atoms. The summed E-state index contributed by atoms with van der Waals surface area (Å²) >= 11 is 0. The number of aliphatic carboxylic acids is 1. The second-order valence-corrected chi connectivity index (χ2v) is 16.8. The molecular formula is C36H54O9. The van der Waals surface area contributed by atoms with Crippen LogP contribution < -0.4 is 0 Å². The second kappa shape index (κ2) is 10.8. The minimum atomic E-state index is -0.976. The van der Waals surface area contributed by atoms with Gasteiger partial charge in [-0.3, -0.25) is 19.2 Å². The lowest BCUT2D eigenvalue weighted by Crippen LogP contribution is -2.69. The molecule has 11 unspecified atom stereocenters. The molecule has 5 aliphatic rings. The molecule has 0 saturated heterocycles. The number of rotatable bonds is 5. The van der Waals surface area contributed by atoms with Crippen molar-refractivity contribution in [3.63, 3.8) is 0 Å². The van der Waals surface area contributed by atoms with Crippen molar-refractivity contribution in [1.29, 1.82) is 0 Å². The Hall–Kier alpha value is -2.42. The number of aliphatic hydroxyl groups excluding tert-OH is 1. The summed E-state index contributed by atoms with van der Waals surface area (Å²) < 4.78 is 17.5. The van der Waals surface area contributed by atoms with Gasteiger partial charge < -0.3 is 24.4 Å². The van der Waals surface area contributed by atoms with E-state index < -0.39 is 69.8 Å². The van der Waals surface area contributed by atoms with Crippen molar-refractivity contribution in [2.75, 3.05) is 6.61 Å². The molecule has 0 radical (unpaired) electrons. The highest BCUT2D eigenvalue weighted by Crippen LogP contribution is 2.76. The first-order valence-electron chi connectivity index (χ1n) is 16.8. The predicted octanol–water partition coefficient (Wildman–Crippen LogP) is 5.86. The van der Waals surface area contributed by atoms with Crippen LogP contribution in [-0.2, 0) is 33.4 Å². The van der Waals surface area contributed by atoms with Crippen LogP contribution in [0.25, 0.3) is 0 Å². The molecule has 0 aromatic rings. The number of carbonyl (C=O) groups excluding carboxylic acids is 3. The van der Waals surface area contributed by atoms with E-state index in [2.05, 4.69) is 40.7 Å². The standard InChI is InChI=1S/C36H54O9/c1-20(37)43-19-33(7)25-12-13-35(9)26(32(25,6)18-24(44-21(2)38)29(33)45-22(3)39)11-10-23-27-28(40)31(4,5)14-16-36(27,30(41)42)17-15-34(23,35)8/h10,24-29,40H,11-19H2,1-9H3,(H,41,42). The minimum Gasteiger partial charge on any atom is -0.481 e. The molecule has 11 atom stereocenters. The van der Waals surface area contributed by atoms with Gasteiger partial charge in [0.2, 0.25) is 0 Å². The number of ether oxygens (including phenoxy) is 3. The fraction of sp³-hybridized carbons (Fsp3) is 0.833. The predicted molar refractivity (Wildman–Crippen MR) is 166 cm³/mol. The van der Waals surface area contributed by atoms with Crippen LogP contribution in [0.5, 0.6) is 0 Å². The SMILES string of the molecule is CC(=O)OCC1(C)C(OC(C)=O)C(OC(C)=O)CC2(C)C1CCC1(C)C2CC=C2C3C(O)C(C)(C)CCC3(C(=O)O)CCC21C. The molecule has 45 heavy (non-hydrogen) atoms. The number of hydrogen-bond acceptors (Lipinski definition) is 8. The number of fused-ring (bicyclic) bond motifs is 7. The molecule has 4 fully saturated rings. The van der Waals surface area contributed by atoms with Gasteiger partial charge in [0.15, 0.2) is 0 Å². The van der Waals surface area contributed by atoms with E-state index in [9.17, 15) is 29.4 Å². The van der Waals surface area contributed by atoms with Gasteiger partial charge in [0.25, 0.3) is 0 Å². The molecule has 0 bridgehead atoms. The van der Waals surface area contributed by atoms with E-state index >= 15 is 0 Å². The summed E-state index contributed by atoms with van der Waals surface area (Å²) in [7, 11) is 0. The third kappa shape index (κ3) is 4.79. The zero-order valence-electron chi connectivity index (χ0n) is 28.7. The summed E-state index contributed by atoms with van der Waals surface area (Å²) in [5.41, 5.74) is -2.07. The van der Waals surface area contributed by atoms with Crippen LogP contribution in [0.15, 0.2) is 11.6 Å². The van der Waals surface area contributed by atoms with E-state index in [-0.39, 0.29) is 29.3 Å². The van der Waals surface area contributed by atoms with Crippen LogP contribution in [0.4, 0.5) is 0 Å². The summed E-state index contributed by atoms with van der Waals surface area (Å²) in [6.07, 6.45) is 5.26. The maximum absolute atomic E-state index is 13.0. The van der Waals surface area contributed by atoms with Gasteiger partial charge in [-0.15, -0.1) is 0 Å². The smallest absolute Gasteiger partial charge is 0.310 e. The van der Waals surface area contributed by atoms with Gasteiger partial charge in [0, 0.05) is 32.1 Å². The highest BCUT2D eigenvalue weighted by molar-refractivity contribution is 5.77. The Balaban J connectivity index is 1.64. The van der Waals surface area contributed by atoms with Crippen molar-refractivity contribution in [3.8, 4) is 0 Å². The van der Waals surface area contributed by atoms with Crippen LogP contribution in [0.1, 0.15) is 114 Å². The molecule has 0 aromatic heterocycles. The highest BCUT2D eigenvalue weighted by atomic mass is 16.6. The topological polar surface area (TPSA) is 136 Å². The third-order valence-corrected chi connectivity index (χ3v) is 14.2. The number of esters is 3. The lowest BCUT2D eigenvalue weighted by molar-refractivity contribution is -0.257. The van der Waals surface area contributed by atoms with E-state index in [0.717, 1.165) is 24.8 Å². The van der Waals surface area contributed by atoms with Gasteiger partial charge in [-0.1, -0.05) is 53.2 Å². The van der Waals surface area contributed by atoms with Crippen LogP contribution in [0.2, 0.25) is 0 Å². The maximum Gasteiger partial charge on any atom is 0.310 e. The van der Waals surface area contributed by atoms with Crippen molar-refractivity contribution in [2.24, 2.45) is 50.2 Å². The van der Waals surface area contributed by atoms with Crippen LogP contribution >= 0.6 is 0 Å². The van der Waals surface area contributed by atoms with Gasteiger partial charge >= 0.3 is 23.9 Å². The van der Waals surface area contributed by atoms with Crippen molar-refractivity contribution in [3.05, 3.63) is 11.6 Å². The molecule has 2 N–H and O–H groups in total. The average Bonchev–Trinajstić information content (AvgIpc) is 2.91. The quantitative estimate of drug-likeness (QED) is 0.217. The van der Waals surface area contributed by atoms with Crippen molar-refractivity contribution in [2.45, 2.75) is 132 Å². The molecule has 0 heterocycles. The van der Waals surface area contributed by atoms with Gasteiger partial charge in [-0.05, 0) is 84.9 Å². The number of carboxylic acid groups (broad SMARTS) is 1. The average molecular weight is 631 g/mol. The summed E-state index contributed by atoms with van der Waals surface area (Å²) in [5.74, 6) is -2.52. The Labute approximate surface area is 267 Å². The Morgan fingerprint density at radius 3 is 2.04 bits per heavy atom. The fourth-order valence-corrected chi connectivity index (χ4v) is 11.7. The molecule has 5 rings (SSSR count). The second-order valence-electron chi connectivity index (χ2n) is 16.8. The van der Waals surface area contributed by atoms with Gasteiger partial charge in [-0.2, -0.15) is 0 Å². The largest absolute Gasteiger partial charge is 0.481 e. The summed E-state index contributed by atoms with van der Waals surface area (Å²) in [6.45, 7) is 17.1. The molecular weight excluding hydrogens is 576 g/mol. The van der Waals surface area contributed by atoms with Crippen molar-refractivity contribution in [1.82, 2.24) is 0 Å². The normalized spacial score (nSPS) is 46.6. The van der Waals surface area contributed by atoms with Gasteiger partial charge in [-0.25, -0.2) is 0 Å². The lowest BCUT2D eigenvalue weighted by atomic mass is 9.33. The van der Waals surface area contributed by atoms with E-state index in [4.69, 9.17) is 14.2 Å². The molecule has 0 aromatic carbocycles. The molecule has 0 aliphatic heterocycles. The molecule has 9 nitrogen and oxygen atoms in total.